The van der Waals surface area contributed by atoms with E-state index in [9.17, 15) is 18.0 Å². The summed E-state index contributed by atoms with van der Waals surface area (Å²) < 4.78 is 25.7. The van der Waals surface area contributed by atoms with E-state index in [0.29, 0.717) is 29.5 Å². The summed E-state index contributed by atoms with van der Waals surface area (Å²) in [5.41, 5.74) is 1.98. The Morgan fingerprint density at radius 2 is 1.79 bits per heavy atom. The van der Waals surface area contributed by atoms with Gasteiger partial charge in [-0.3, -0.25) is 13.9 Å². The van der Waals surface area contributed by atoms with Crippen molar-refractivity contribution in [2.75, 3.05) is 27.2 Å². The topological polar surface area (TPSA) is 108 Å². The van der Waals surface area contributed by atoms with Crippen LogP contribution in [0.3, 0.4) is 0 Å². The number of hydrogen-bond acceptors (Lipinski definition) is 6. The number of sulfonamides is 1. The number of benzene rings is 1. The summed E-state index contributed by atoms with van der Waals surface area (Å²) in [4.78, 5) is 28.1. The molecule has 0 saturated carbocycles. The van der Waals surface area contributed by atoms with Crippen LogP contribution in [0.2, 0.25) is 0 Å². The average molecular weight is 423 g/mol. The van der Waals surface area contributed by atoms with Crippen LogP contribution in [0.25, 0.3) is 0 Å². The Morgan fingerprint density at radius 1 is 1.11 bits per heavy atom. The van der Waals surface area contributed by atoms with Gasteiger partial charge in [-0.15, -0.1) is 11.3 Å². The Bertz CT molecular complexity index is 954. The van der Waals surface area contributed by atoms with Gasteiger partial charge in [-0.1, -0.05) is 0 Å². The highest BCUT2D eigenvalue weighted by Crippen LogP contribution is 2.25. The molecule has 0 bridgehead atoms. The molecule has 1 aromatic heterocycles. The molecule has 28 heavy (non-hydrogen) atoms. The maximum absolute atomic E-state index is 12.1. The third-order valence-electron chi connectivity index (χ3n) is 4.23. The monoisotopic (exact) mass is 422 g/mol. The fraction of sp³-hybridized carbons (Fsp3) is 0.389. The van der Waals surface area contributed by atoms with Gasteiger partial charge in [0.05, 0.1) is 17.1 Å². The summed E-state index contributed by atoms with van der Waals surface area (Å²) in [5, 5.41) is 7.73. The third-order valence-corrected chi connectivity index (χ3v) is 6.98. The molecule has 0 radical (unpaired) electrons. The lowest BCUT2D eigenvalue weighted by Crippen LogP contribution is -2.37. The van der Waals surface area contributed by atoms with E-state index in [4.69, 9.17) is 0 Å². The van der Waals surface area contributed by atoms with Gasteiger partial charge in [0.2, 0.25) is 21.8 Å². The van der Waals surface area contributed by atoms with Crippen molar-refractivity contribution in [1.82, 2.24) is 4.98 Å². The molecule has 2 amide bonds. The van der Waals surface area contributed by atoms with Gasteiger partial charge in [0.1, 0.15) is 0 Å². The fourth-order valence-corrected chi connectivity index (χ4v) is 5.18. The van der Waals surface area contributed by atoms with E-state index in [0.717, 1.165) is 12.1 Å². The van der Waals surface area contributed by atoms with E-state index in [2.05, 4.69) is 15.6 Å². The molecule has 1 aromatic carbocycles. The molecular weight excluding hydrogens is 400 g/mol. The molecule has 10 heteroatoms. The van der Waals surface area contributed by atoms with Crippen molar-refractivity contribution >= 4 is 49.7 Å². The number of carbonyl (C=O) groups is 2. The molecule has 1 fully saturated rings. The summed E-state index contributed by atoms with van der Waals surface area (Å²) in [6.07, 6.45) is 1.61. The summed E-state index contributed by atoms with van der Waals surface area (Å²) >= 11 is 1.34. The van der Waals surface area contributed by atoms with Crippen molar-refractivity contribution in [3.8, 4) is 0 Å². The van der Waals surface area contributed by atoms with Gasteiger partial charge in [0, 0.05) is 30.5 Å². The van der Waals surface area contributed by atoms with Crippen molar-refractivity contribution in [1.29, 1.82) is 0 Å². The Kier molecular flexibility index (Phi) is 6.30. The first-order valence-electron chi connectivity index (χ1n) is 8.96. The molecule has 3 rings (SSSR count). The summed E-state index contributed by atoms with van der Waals surface area (Å²) in [6.45, 7) is 2.31. The molecule has 8 nitrogen and oxygen atoms in total. The molecule has 2 aromatic rings. The molecule has 1 aliphatic rings. The van der Waals surface area contributed by atoms with E-state index in [-0.39, 0.29) is 30.4 Å². The number of nitrogens with one attached hydrogen (secondary N) is 2. The van der Waals surface area contributed by atoms with E-state index >= 15 is 0 Å². The molecule has 0 atom stereocenters. The molecule has 0 aliphatic carbocycles. The van der Waals surface area contributed by atoms with Gasteiger partial charge in [-0.25, -0.2) is 13.4 Å². The maximum Gasteiger partial charge on any atom is 0.235 e. The number of anilines is 3. The number of thiazole rings is 1. The number of nitrogens with zero attached hydrogens (tertiary/aromatic N) is 2. The SMILES string of the molecule is Cc1csc(NC(=O)CCC(=O)Nc2ccc(N3CCCCS3(=O)=O)cc2)n1. The van der Waals surface area contributed by atoms with Crippen molar-refractivity contribution < 1.29 is 18.0 Å². The van der Waals surface area contributed by atoms with Crippen LogP contribution in [0, 0.1) is 6.92 Å². The minimum Gasteiger partial charge on any atom is -0.326 e. The van der Waals surface area contributed by atoms with Crippen LogP contribution in [0.1, 0.15) is 31.4 Å². The van der Waals surface area contributed by atoms with E-state index in [1.807, 2.05) is 12.3 Å². The van der Waals surface area contributed by atoms with Gasteiger partial charge in [-0.05, 0) is 44.0 Å². The Hall–Kier alpha value is -2.46. The Morgan fingerprint density at radius 3 is 2.39 bits per heavy atom. The second kappa shape index (κ2) is 8.70. The minimum atomic E-state index is -3.26. The van der Waals surface area contributed by atoms with E-state index in [1.165, 1.54) is 15.6 Å². The third kappa shape index (κ3) is 5.29. The number of amides is 2. The van der Waals surface area contributed by atoms with Gasteiger partial charge in [-0.2, -0.15) is 0 Å². The lowest BCUT2D eigenvalue weighted by molar-refractivity contribution is -0.121. The second-order valence-electron chi connectivity index (χ2n) is 6.53. The standard InChI is InChI=1S/C18H22N4O4S2/c1-13-12-27-18(19-13)21-17(24)9-8-16(23)20-14-4-6-15(7-5-14)22-10-2-3-11-28(22,25)26/h4-7,12H,2-3,8-11H2,1H3,(H,20,23)(H,19,21,24). The van der Waals surface area contributed by atoms with Gasteiger partial charge >= 0.3 is 0 Å². The molecule has 1 saturated heterocycles. The van der Waals surface area contributed by atoms with Crippen molar-refractivity contribution in [2.45, 2.75) is 32.6 Å². The lowest BCUT2D eigenvalue weighted by Gasteiger charge is -2.28. The predicted octanol–water partition coefficient (Wildman–Crippen LogP) is 2.74. The van der Waals surface area contributed by atoms with Gasteiger partial charge in [0.15, 0.2) is 5.13 Å². The molecule has 1 aliphatic heterocycles. The van der Waals surface area contributed by atoms with E-state index < -0.39 is 10.0 Å². The molecule has 2 heterocycles. The van der Waals surface area contributed by atoms with Crippen molar-refractivity contribution in [2.24, 2.45) is 0 Å². The Labute approximate surface area is 168 Å². The van der Waals surface area contributed by atoms with Crippen LogP contribution in [0.15, 0.2) is 29.6 Å². The fourth-order valence-electron chi connectivity index (χ4n) is 2.83. The normalized spacial score (nSPS) is 15.8. The Balaban J connectivity index is 1.49. The first-order valence-corrected chi connectivity index (χ1v) is 11.4. The minimum absolute atomic E-state index is 0.0401. The zero-order chi connectivity index (χ0) is 20.1. The number of aromatic nitrogens is 1. The predicted molar refractivity (Wildman–Crippen MR) is 110 cm³/mol. The van der Waals surface area contributed by atoms with Gasteiger partial charge < -0.3 is 10.6 Å². The van der Waals surface area contributed by atoms with Crippen LogP contribution in [-0.4, -0.2) is 37.5 Å². The zero-order valence-corrected chi connectivity index (χ0v) is 17.1. The largest absolute Gasteiger partial charge is 0.326 e. The van der Waals surface area contributed by atoms with Crippen LogP contribution in [-0.2, 0) is 19.6 Å². The zero-order valence-electron chi connectivity index (χ0n) is 15.5. The first-order chi connectivity index (χ1) is 13.3. The van der Waals surface area contributed by atoms with Crippen molar-refractivity contribution in [3.63, 3.8) is 0 Å². The molecule has 2 N–H and O–H groups in total. The number of hydrogen-bond donors (Lipinski definition) is 2. The number of aryl methyl sites for hydroxylation is 1. The summed E-state index contributed by atoms with van der Waals surface area (Å²) in [7, 11) is -3.26. The van der Waals surface area contributed by atoms with Crippen molar-refractivity contribution in [3.05, 3.63) is 35.3 Å². The second-order valence-corrected chi connectivity index (χ2v) is 9.40. The molecular formula is C18H22N4O4S2. The van der Waals surface area contributed by atoms with Crippen LogP contribution >= 0.6 is 11.3 Å². The maximum atomic E-state index is 12.1. The lowest BCUT2D eigenvalue weighted by atomic mass is 10.2. The highest BCUT2D eigenvalue weighted by Gasteiger charge is 2.25. The quantitative estimate of drug-likeness (QED) is 0.744. The van der Waals surface area contributed by atoms with Gasteiger partial charge in [0.25, 0.3) is 0 Å². The van der Waals surface area contributed by atoms with Crippen LogP contribution in [0.4, 0.5) is 16.5 Å². The first kappa shape index (κ1) is 20.3. The highest BCUT2D eigenvalue weighted by molar-refractivity contribution is 7.92. The van der Waals surface area contributed by atoms with Crippen LogP contribution < -0.4 is 14.9 Å². The molecule has 0 unspecified atom stereocenters. The smallest absolute Gasteiger partial charge is 0.235 e. The number of rotatable bonds is 6. The summed E-state index contributed by atoms with van der Waals surface area (Å²) in [6, 6.07) is 6.68. The van der Waals surface area contributed by atoms with E-state index in [1.54, 1.807) is 24.3 Å². The molecule has 150 valence electrons. The highest BCUT2D eigenvalue weighted by atomic mass is 32.2. The average Bonchev–Trinajstić information content (AvgIpc) is 3.05. The number of carbonyl (C=O) groups excluding carboxylic acids is 2. The summed E-state index contributed by atoms with van der Waals surface area (Å²) in [5.74, 6) is -0.396. The molecule has 0 spiro atoms. The van der Waals surface area contributed by atoms with Crippen LogP contribution in [0.5, 0.6) is 0 Å².